The summed E-state index contributed by atoms with van der Waals surface area (Å²) in [4.78, 5) is 62.3. The molecule has 15 nitrogen and oxygen atoms in total. The third kappa shape index (κ3) is 5.95. The molecule has 0 bridgehead atoms. The van der Waals surface area contributed by atoms with Crippen LogP contribution in [0.15, 0.2) is 64.6 Å². The van der Waals surface area contributed by atoms with Gasteiger partial charge in [-0.1, -0.05) is 0 Å². The van der Waals surface area contributed by atoms with E-state index in [0.29, 0.717) is 23.5 Å². The van der Waals surface area contributed by atoms with E-state index in [-0.39, 0.29) is 11.1 Å². The van der Waals surface area contributed by atoms with Crippen molar-refractivity contribution in [2.24, 2.45) is 7.05 Å². The van der Waals surface area contributed by atoms with E-state index in [2.05, 4.69) is 35.7 Å². The molecule has 3 fully saturated rings. The second kappa shape index (κ2) is 13.0. The highest BCUT2D eigenvalue weighted by atomic mass is 16.5. The first-order chi connectivity index (χ1) is 24.7. The number of nitrogens with zero attached hydrogens (tertiary/aromatic N) is 8. The van der Waals surface area contributed by atoms with Crippen LogP contribution in [-0.4, -0.2) is 113 Å². The second-order valence-corrected chi connectivity index (χ2v) is 13.8. The van der Waals surface area contributed by atoms with E-state index in [4.69, 9.17) is 10.5 Å². The molecule has 4 aliphatic rings. The number of aromatic amines is 1. The van der Waals surface area contributed by atoms with Gasteiger partial charge in [0, 0.05) is 119 Å². The maximum absolute atomic E-state index is 13.3. The highest BCUT2D eigenvalue weighted by Crippen LogP contribution is 2.39. The molecule has 0 saturated carbocycles. The van der Waals surface area contributed by atoms with Gasteiger partial charge in [-0.2, -0.15) is 14.8 Å². The fourth-order valence-corrected chi connectivity index (χ4v) is 8.21. The van der Waals surface area contributed by atoms with Crippen molar-refractivity contribution < 1.29 is 14.3 Å². The SMILES string of the molecule is COc1cc(N2CCC(N3CCN(C4CCN(c5ccc6c(c5)C(=O)N(n5ccc(=O)[nH]c5=O)C6=O)C4)CC3)CC2)c(-c2cnn(C)c2)cc1N. The lowest BCUT2D eigenvalue weighted by molar-refractivity contribution is 0.0658. The molecule has 0 aliphatic carbocycles. The number of aryl methyl sites for hydroxylation is 1. The number of methoxy groups -OCH3 is 1. The predicted molar refractivity (Wildman–Crippen MR) is 193 cm³/mol. The summed E-state index contributed by atoms with van der Waals surface area (Å²) in [6.07, 6.45) is 8.23. The maximum Gasteiger partial charge on any atom is 0.347 e. The molecule has 0 spiro atoms. The number of nitrogens with one attached hydrogen (secondary N) is 1. The molecule has 6 heterocycles. The molecule has 3 N–H and O–H groups in total. The smallest absolute Gasteiger partial charge is 0.347 e. The van der Waals surface area contributed by atoms with Crippen LogP contribution >= 0.6 is 0 Å². The number of aromatic nitrogens is 4. The van der Waals surface area contributed by atoms with Gasteiger partial charge in [-0.25, -0.2) is 4.79 Å². The number of piperidine rings is 1. The molecule has 266 valence electrons. The summed E-state index contributed by atoms with van der Waals surface area (Å²) in [5.41, 5.74) is 10.1. The summed E-state index contributed by atoms with van der Waals surface area (Å²) in [5, 5.41) is 5.16. The van der Waals surface area contributed by atoms with Crippen molar-refractivity contribution in [3.05, 3.63) is 87.0 Å². The number of ether oxygens (including phenoxy) is 1. The van der Waals surface area contributed by atoms with Gasteiger partial charge in [0.25, 0.3) is 17.4 Å². The normalized spacial score (nSPS) is 20.4. The zero-order chi connectivity index (χ0) is 35.4. The third-order valence-electron chi connectivity index (χ3n) is 10.9. The van der Waals surface area contributed by atoms with Crippen molar-refractivity contribution in [2.45, 2.75) is 31.3 Å². The molecule has 15 heteroatoms. The molecule has 1 unspecified atom stereocenters. The number of piperazine rings is 1. The van der Waals surface area contributed by atoms with Crippen molar-refractivity contribution in [1.29, 1.82) is 0 Å². The van der Waals surface area contributed by atoms with Gasteiger partial charge in [-0.05, 0) is 43.5 Å². The Balaban J connectivity index is 0.868. The molecular weight excluding hydrogens is 652 g/mol. The fraction of sp³-hybridized carbons (Fsp3) is 0.417. The molecule has 4 aromatic rings. The number of carbonyl (C=O) groups is 2. The lowest BCUT2D eigenvalue weighted by Crippen LogP contribution is -2.55. The summed E-state index contributed by atoms with van der Waals surface area (Å²) < 4.78 is 8.24. The molecule has 0 radical (unpaired) electrons. The summed E-state index contributed by atoms with van der Waals surface area (Å²) in [6.45, 7) is 7.70. The summed E-state index contributed by atoms with van der Waals surface area (Å²) in [6, 6.07) is 11.4. The van der Waals surface area contributed by atoms with E-state index in [1.807, 2.05) is 36.3 Å². The first-order valence-corrected chi connectivity index (χ1v) is 17.5. The molecule has 51 heavy (non-hydrogen) atoms. The molecule has 2 aromatic carbocycles. The number of imide groups is 1. The number of amides is 2. The summed E-state index contributed by atoms with van der Waals surface area (Å²) in [5.74, 6) is -0.502. The number of carbonyl (C=O) groups excluding carboxylic acids is 2. The van der Waals surface area contributed by atoms with Gasteiger partial charge in [0.15, 0.2) is 0 Å². The quantitative estimate of drug-likeness (QED) is 0.212. The summed E-state index contributed by atoms with van der Waals surface area (Å²) >= 11 is 0. The van der Waals surface area contributed by atoms with E-state index in [0.717, 1.165) is 116 Å². The molecule has 1 atom stereocenters. The fourth-order valence-electron chi connectivity index (χ4n) is 8.21. The van der Waals surface area contributed by atoms with Crippen LogP contribution in [-0.2, 0) is 7.05 Å². The average Bonchev–Trinajstić information content (AvgIpc) is 3.87. The topological polar surface area (TPSA) is 158 Å². The van der Waals surface area contributed by atoms with Crippen LogP contribution in [0.1, 0.15) is 40.0 Å². The van der Waals surface area contributed by atoms with Crippen molar-refractivity contribution in [3.8, 4) is 16.9 Å². The second-order valence-electron chi connectivity index (χ2n) is 13.8. The first kappa shape index (κ1) is 32.8. The number of hydrogen-bond acceptors (Lipinski definition) is 11. The van der Waals surface area contributed by atoms with Crippen LogP contribution in [0.25, 0.3) is 11.1 Å². The van der Waals surface area contributed by atoms with Crippen LogP contribution in [0.4, 0.5) is 17.1 Å². The van der Waals surface area contributed by atoms with Gasteiger partial charge in [-0.15, -0.1) is 0 Å². The number of benzene rings is 2. The minimum absolute atomic E-state index is 0.238. The van der Waals surface area contributed by atoms with Crippen LogP contribution < -0.4 is 36.5 Å². The van der Waals surface area contributed by atoms with Gasteiger partial charge < -0.3 is 20.3 Å². The van der Waals surface area contributed by atoms with Crippen molar-refractivity contribution in [1.82, 2.24) is 29.2 Å². The summed E-state index contributed by atoms with van der Waals surface area (Å²) in [7, 11) is 3.58. The predicted octanol–water partition coefficient (Wildman–Crippen LogP) is 1.33. The van der Waals surface area contributed by atoms with Gasteiger partial charge >= 0.3 is 5.69 Å². The number of rotatable bonds is 7. The minimum Gasteiger partial charge on any atom is -0.495 e. The van der Waals surface area contributed by atoms with E-state index in [1.54, 1.807) is 19.2 Å². The average molecular weight is 695 g/mol. The van der Waals surface area contributed by atoms with Crippen molar-refractivity contribution >= 4 is 28.9 Å². The Hall–Kier alpha value is -5.41. The zero-order valence-corrected chi connectivity index (χ0v) is 28.8. The number of fused-ring (bicyclic) bond motifs is 1. The van der Waals surface area contributed by atoms with Crippen molar-refractivity contribution in [2.75, 3.05) is 80.0 Å². The minimum atomic E-state index is -0.847. The van der Waals surface area contributed by atoms with Gasteiger partial charge in [0.2, 0.25) is 0 Å². The number of anilines is 3. The molecule has 4 aliphatic heterocycles. The maximum atomic E-state index is 13.3. The highest BCUT2D eigenvalue weighted by Gasteiger charge is 2.39. The van der Waals surface area contributed by atoms with Crippen LogP contribution in [0.3, 0.4) is 0 Å². The van der Waals surface area contributed by atoms with E-state index < -0.39 is 23.1 Å². The van der Waals surface area contributed by atoms with Gasteiger partial charge in [0.05, 0.1) is 30.1 Å². The molecule has 8 rings (SSSR count). The Bertz CT molecular complexity index is 2110. The molecule has 2 aromatic heterocycles. The Kier molecular flexibility index (Phi) is 8.38. The third-order valence-corrected chi connectivity index (χ3v) is 10.9. The van der Waals surface area contributed by atoms with E-state index in [9.17, 15) is 19.2 Å². The lowest BCUT2D eigenvalue weighted by Gasteiger charge is -2.44. The van der Waals surface area contributed by atoms with E-state index >= 15 is 0 Å². The molecular formula is C36H42N10O5. The number of H-pyrrole nitrogens is 1. The van der Waals surface area contributed by atoms with Crippen molar-refractivity contribution in [3.63, 3.8) is 0 Å². The molecule has 2 amide bonds. The monoisotopic (exact) mass is 694 g/mol. The molecule has 3 saturated heterocycles. The highest BCUT2D eigenvalue weighted by molar-refractivity contribution is 6.30. The number of hydrogen-bond donors (Lipinski definition) is 2. The lowest BCUT2D eigenvalue weighted by atomic mass is 9.98. The van der Waals surface area contributed by atoms with Gasteiger partial charge in [-0.3, -0.25) is 33.8 Å². The van der Waals surface area contributed by atoms with Crippen LogP contribution in [0.5, 0.6) is 5.75 Å². The first-order valence-electron chi connectivity index (χ1n) is 17.5. The van der Waals surface area contributed by atoms with Crippen LogP contribution in [0, 0.1) is 0 Å². The Labute approximate surface area is 294 Å². The number of nitrogen functional groups attached to an aromatic ring is 1. The Morgan fingerprint density at radius 2 is 1.49 bits per heavy atom. The number of nitrogens with two attached hydrogens (primary N) is 1. The van der Waals surface area contributed by atoms with Gasteiger partial charge in [0.1, 0.15) is 5.75 Å². The van der Waals surface area contributed by atoms with Crippen LogP contribution in [0.2, 0.25) is 0 Å². The Morgan fingerprint density at radius 1 is 0.804 bits per heavy atom. The standard InChI is InChI=1S/C36H42N10O5/c1-40-21-23(20-38-40)28-18-30(37)32(51-2)19-31(28)43-9-5-24(6-10-43)41-13-15-42(16-14-41)26-7-11-44(22-26)25-3-4-27-29(17-25)35(49)46(34(27)48)45-12-8-33(47)39-36(45)50/h3-4,8,12,17-21,24,26H,5-7,9-11,13-16,22,37H2,1-2H3,(H,39,47,50). The largest absolute Gasteiger partial charge is 0.495 e. The Morgan fingerprint density at radius 3 is 2.18 bits per heavy atom. The zero-order valence-electron chi connectivity index (χ0n) is 28.8. The van der Waals surface area contributed by atoms with E-state index in [1.165, 1.54) is 0 Å².